The molecule has 4 amide bonds. The maximum atomic E-state index is 13.0. The van der Waals surface area contributed by atoms with Crippen molar-refractivity contribution in [3.05, 3.63) is 147 Å². The maximum absolute atomic E-state index is 13.0. The smallest absolute Gasteiger partial charge is 0.267 e. The lowest BCUT2D eigenvalue weighted by Crippen LogP contribution is -2.49. The summed E-state index contributed by atoms with van der Waals surface area (Å²) in [5, 5.41) is 21.3. The van der Waals surface area contributed by atoms with Crippen molar-refractivity contribution in [2.75, 3.05) is 60.7 Å². The Balaban J connectivity index is 0.000000193. The van der Waals surface area contributed by atoms with Gasteiger partial charge in [0.05, 0.1) is 35.4 Å². The molecule has 5 heterocycles. The standard InChI is InChI=1S/C28H25N5O4.C25H32ClN7OS/c1-17-6-15-25(27(35)29-17)33-16-23-22(28(33)36)4-3-5-24(23)30-26(34)18-7-9-19(10-8-18)31-32-20-11-13-21(37-2)14-12-20;1-4-5-6-10-32-11-13-33(14-12-32)22-15-21(28-18(3)29-22)30-25-27-16-20(35-25)24(34)31-23-17(2)8-7-9-19(23)26/h3-5,7-14,25H,1,6,15-16H2,2H3,(H,29,35)(H,30,34);7-9,15-16H,4-6,10-14H2,1-3H3,(H,31,34)(H,27,28,29,30). The third kappa shape index (κ3) is 12.7. The number of rotatable bonds is 15. The summed E-state index contributed by atoms with van der Waals surface area (Å²) in [6.45, 7) is 15.2. The summed E-state index contributed by atoms with van der Waals surface area (Å²) in [6.07, 6.45) is 6.51. The number of halogens is 1. The monoisotopic (exact) mass is 1010 g/mol. The molecule has 3 aliphatic rings. The number of carbonyl (C=O) groups excluding carboxylic acids is 4. The predicted molar refractivity (Wildman–Crippen MR) is 283 cm³/mol. The third-order valence-electron chi connectivity index (χ3n) is 12.4. The molecule has 72 heavy (non-hydrogen) atoms. The molecule has 1 atom stereocenters. The van der Waals surface area contributed by atoms with E-state index in [1.165, 1.54) is 37.1 Å². The zero-order chi connectivity index (χ0) is 50.7. The summed E-state index contributed by atoms with van der Waals surface area (Å²) in [7, 11) is 1.60. The van der Waals surface area contributed by atoms with Gasteiger partial charge in [-0.3, -0.25) is 24.1 Å². The zero-order valence-electron chi connectivity index (χ0n) is 40.7. The molecule has 4 N–H and O–H groups in total. The van der Waals surface area contributed by atoms with Crippen LogP contribution in [0.3, 0.4) is 0 Å². The molecule has 4 aromatic carbocycles. The van der Waals surface area contributed by atoms with Gasteiger partial charge in [-0.15, -0.1) is 0 Å². The first kappa shape index (κ1) is 50.8. The zero-order valence-corrected chi connectivity index (χ0v) is 42.3. The number of benzene rings is 4. The number of carbonyl (C=O) groups is 4. The molecule has 3 aliphatic heterocycles. The van der Waals surface area contributed by atoms with Crippen LogP contribution >= 0.6 is 22.9 Å². The SMILES string of the molecule is C=C1CCC(N2Cc3c(NC(=O)c4ccc(N=Nc5ccc(OC)cc5)cc4)cccc3C2=O)C(=O)N1.CCCCCN1CCN(c2cc(Nc3ncc(C(=O)Nc4c(C)cccc4Cl)s3)nc(C)n2)CC1. The van der Waals surface area contributed by atoms with Gasteiger partial charge in [-0.25, -0.2) is 15.0 Å². The number of piperidine rings is 1. The van der Waals surface area contributed by atoms with E-state index in [9.17, 15) is 19.2 Å². The van der Waals surface area contributed by atoms with Crippen LogP contribution in [0.1, 0.15) is 86.4 Å². The topological polar surface area (TPSA) is 199 Å². The fraction of sp³-hybridized carbons (Fsp3) is 0.302. The number of para-hydroxylation sites is 1. The molecule has 2 aromatic heterocycles. The van der Waals surface area contributed by atoms with E-state index in [4.69, 9.17) is 16.3 Å². The first-order valence-corrected chi connectivity index (χ1v) is 25.1. The average molecular weight is 1010 g/mol. The minimum atomic E-state index is -0.562. The first-order valence-electron chi connectivity index (χ1n) is 23.9. The van der Waals surface area contributed by atoms with Gasteiger partial charge in [0.1, 0.15) is 34.1 Å². The van der Waals surface area contributed by atoms with Gasteiger partial charge < -0.3 is 35.8 Å². The van der Waals surface area contributed by atoms with E-state index in [0.29, 0.717) is 84.7 Å². The molecular weight excluding hydrogens is 952 g/mol. The number of aryl methyl sites for hydroxylation is 2. The van der Waals surface area contributed by atoms with Crippen molar-refractivity contribution in [1.29, 1.82) is 0 Å². The molecule has 0 radical (unpaired) electrons. The van der Waals surface area contributed by atoms with E-state index in [0.717, 1.165) is 43.3 Å². The highest BCUT2D eigenvalue weighted by Gasteiger charge is 2.39. The predicted octanol–water partition coefficient (Wildman–Crippen LogP) is 10.6. The number of nitrogens with one attached hydrogen (secondary N) is 4. The number of hydrogen-bond donors (Lipinski definition) is 4. The van der Waals surface area contributed by atoms with Crippen LogP contribution in [0.5, 0.6) is 5.75 Å². The Morgan fingerprint density at radius 2 is 1.62 bits per heavy atom. The Morgan fingerprint density at radius 1 is 0.903 bits per heavy atom. The summed E-state index contributed by atoms with van der Waals surface area (Å²) in [5.74, 6) is 2.00. The number of piperazine rings is 1. The summed E-state index contributed by atoms with van der Waals surface area (Å²) in [6, 6.07) is 26.0. The van der Waals surface area contributed by atoms with Gasteiger partial charge in [0, 0.05) is 66.9 Å². The van der Waals surface area contributed by atoms with Gasteiger partial charge in [0.15, 0.2) is 5.13 Å². The van der Waals surface area contributed by atoms with Crippen LogP contribution in [0.25, 0.3) is 0 Å². The number of methoxy groups -OCH3 is 1. The Bertz CT molecular complexity index is 2950. The van der Waals surface area contributed by atoms with Crippen molar-refractivity contribution in [2.24, 2.45) is 10.2 Å². The number of anilines is 5. The molecule has 6 aromatic rings. The van der Waals surface area contributed by atoms with Gasteiger partial charge in [-0.05, 0) is 112 Å². The van der Waals surface area contributed by atoms with Gasteiger partial charge >= 0.3 is 0 Å². The quantitative estimate of drug-likeness (QED) is 0.0564. The fourth-order valence-electron chi connectivity index (χ4n) is 8.50. The van der Waals surface area contributed by atoms with Gasteiger partial charge in [-0.1, -0.05) is 67.5 Å². The lowest BCUT2D eigenvalue weighted by Gasteiger charge is -2.35. The van der Waals surface area contributed by atoms with Crippen molar-refractivity contribution in [3.63, 3.8) is 0 Å². The molecule has 2 saturated heterocycles. The Morgan fingerprint density at radius 3 is 2.32 bits per heavy atom. The molecule has 0 bridgehead atoms. The number of fused-ring (bicyclic) bond motifs is 1. The summed E-state index contributed by atoms with van der Waals surface area (Å²) < 4.78 is 5.13. The van der Waals surface area contributed by atoms with Crippen LogP contribution in [0.4, 0.5) is 39.5 Å². The van der Waals surface area contributed by atoms with Crippen molar-refractivity contribution in [3.8, 4) is 5.75 Å². The van der Waals surface area contributed by atoms with Crippen LogP contribution in [0.2, 0.25) is 5.02 Å². The molecule has 9 rings (SSSR count). The van der Waals surface area contributed by atoms with E-state index in [1.54, 1.807) is 91.0 Å². The average Bonchev–Trinajstić information content (AvgIpc) is 3.99. The minimum Gasteiger partial charge on any atom is -0.497 e. The Hall–Kier alpha value is -7.54. The van der Waals surface area contributed by atoms with Crippen LogP contribution in [-0.2, 0) is 11.3 Å². The lowest BCUT2D eigenvalue weighted by atomic mass is 10.0. The highest BCUT2D eigenvalue weighted by atomic mass is 35.5. The highest BCUT2D eigenvalue weighted by Crippen LogP contribution is 2.34. The summed E-state index contributed by atoms with van der Waals surface area (Å²) in [4.78, 5) is 71.7. The van der Waals surface area contributed by atoms with Crippen molar-refractivity contribution in [1.82, 2.24) is 30.1 Å². The van der Waals surface area contributed by atoms with Gasteiger partial charge in [0.2, 0.25) is 5.91 Å². The lowest BCUT2D eigenvalue weighted by molar-refractivity contribution is -0.126. The molecule has 0 spiro atoms. The molecule has 17 nitrogen and oxygen atoms in total. The van der Waals surface area contributed by atoms with Crippen molar-refractivity contribution >= 4 is 86.1 Å². The molecule has 0 saturated carbocycles. The maximum Gasteiger partial charge on any atom is 0.267 e. The van der Waals surface area contributed by atoms with Crippen LogP contribution in [0, 0.1) is 13.8 Å². The van der Waals surface area contributed by atoms with Gasteiger partial charge in [0.25, 0.3) is 17.7 Å². The second kappa shape index (κ2) is 23.6. The number of ether oxygens (including phenoxy) is 1. The number of nitrogens with zero attached hydrogens (tertiary/aromatic N) is 8. The number of unbranched alkanes of at least 4 members (excludes halogenated alkanes) is 2. The second-order valence-corrected chi connectivity index (χ2v) is 19.0. The number of amides is 4. The summed E-state index contributed by atoms with van der Waals surface area (Å²) >= 11 is 7.51. The number of aromatic nitrogens is 3. The largest absolute Gasteiger partial charge is 0.497 e. The molecular formula is C53H57ClN12O5S. The molecule has 0 aliphatic carbocycles. The van der Waals surface area contributed by atoms with E-state index in [-0.39, 0.29) is 30.2 Å². The number of allylic oxidation sites excluding steroid dienone is 1. The van der Waals surface area contributed by atoms with Gasteiger partial charge in [-0.2, -0.15) is 10.2 Å². The highest BCUT2D eigenvalue weighted by molar-refractivity contribution is 7.17. The fourth-order valence-corrected chi connectivity index (χ4v) is 9.48. The molecule has 372 valence electrons. The normalized spacial score (nSPS) is 15.7. The summed E-state index contributed by atoms with van der Waals surface area (Å²) in [5.41, 5.74) is 5.62. The van der Waals surface area contributed by atoms with E-state index in [2.05, 4.69) is 69.8 Å². The van der Waals surface area contributed by atoms with Crippen molar-refractivity contribution in [2.45, 2.75) is 65.5 Å². The number of hydrogen-bond acceptors (Lipinski definition) is 14. The molecule has 2 fully saturated rings. The molecule has 19 heteroatoms. The minimum absolute atomic E-state index is 0.217. The number of azo groups is 1. The third-order valence-corrected chi connectivity index (χ3v) is 13.7. The van der Waals surface area contributed by atoms with E-state index >= 15 is 0 Å². The van der Waals surface area contributed by atoms with Crippen LogP contribution in [0.15, 0.2) is 120 Å². The van der Waals surface area contributed by atoms with Crippen LogP contribution in [-0.4, -0.2) is 94.3 Å². The van der Waals surface area contributed by atoms with E-state index in [1.807, 2.05) is 32.0 Å². The molecule has 1 unspecified atom stereocenters. The van der Waals surface area contributed by atoms with Crippen LogP contribution < -0.4 is 30.9 Å². The van der Waals surface area contributed by atoms with E-state index < -0.39 is 6.04 Å². The number of thiazole rings is 1. The Kier molecular flexibility index (Phi) is 16.7. The van der Waals surface area contributed by atoms with Crippen molar-refractivity contribution < 1.29 is 23.9 Å². The first-order chi connectivity index (χ1) is 34.8. The second-order valence-electron chi connectivity index (χ2n) is 17.5. The Labute approximate surface area is 427 Å².